The largest absolute Gasteiger partial charge is 0.467 e. The molecule has 1 amide bonds. The van der Waals surface area contributed by atoms with Crippen LogP contribution in [0, 0.1) is 0 Å². The average Bonchev–Trinajstić information content (AvgIpc) is 2.60. The monoisotopic (exact) mass is 335 g/mol. The van der Waals surface area contributed by atoms with Gasteiger partial charge in [-0.15, -0.1) is 0 Å². The molecule has 1 fully saturated rings. The van der Waals surface area contributed by atoms with Crippen molar-refractivity contribution in [3.8, 4) is 0 Å². The van der Waals surface area contributed by atoms with Crippen LogP contribution in [-0.2, 0) is 19.1 Å². The highest BCUT2D eigenvalue weighted by atomic mass is 16.5. The van der Waals surface area contributed by atoms with Crippen molar-refractivity contribution in [2.45, 2.75) is 12.1 Å². The Labute approximate surface area is 140 Å². The van der Waals surface area contributed by atoms with Crippen LogP contribution in [0.1, 0.15) is 10.4 Å². The van der Waals surface area contributed by atoms with Crippen LogP contribution in [-0.4, -0.2) is 69.2 Å². The Morgan fingerprint density at radius 1 is 1.25 bits per heavy atom. The summed E-state index contributed by atoms with van der Waals surface area (Å²) >= 11 is 0. The number of carbonyl (C=O) groups is 3. The number of esters is 2. The van der Waals surface area contributed by atoms with Gasteiger partial charge in [0.05, 0.1) is 19.8 Å². The van der Waals surface area contributed by atoms with Crippen molar-refractivity contribution in [2.75, 3.05) is 39.7 Å². The Balaban J connectivity index is 1.97. The predicted molar refractivity (Wildman–Crippen MR) is 86.6 cm³/mol. The number of nitrogens with one attached hydrogen (secondary N) is 2. The maximum Gasteiger partial charge on any atom is 0.337 e. The van der Waals surface area contributed by atoms with Crippen LogP contribution < -0.4 is 10.6 Å². The SMILES string of the molecule is COC(=O)c1ccc(NCC2CNC(=O)C(C(=O)OC)N2C)cc1. The Kier molecular flexibility index (Phi) is 5.75. The second kappa shape index (κ2) is 7.78. The molecule has 1 aromatic carbocycles. The number of anilines is 1. The first-order valence-corrected chi connectivity index (χ1v) is 7.47. The van der Waals surface area contributed by atoms with Gasteiger partial charge in [-0.05, 0) is 31.3 Å². The van der Waals surface area contributed by atoms with Crippen LogP contribution in [0.25, 0.3) is 0 Å². The molecule has 8 nitrogen and oxygen atoms in total. The van der Waals surface area contributed by atoms with Crippen LogP contribution in [0.2, 0.25) is 0 Å². The molecule has 0 aromatic heterocycles. The number of carbonyl (C=O) groups excluding carboxylic acids is 3. The second-order valence-electron chi connectivity index (χ2n) is 5.44. The zero-order chi connectivity index (χ0) is 17.7. The molecule has 0 spiro atoms. The van der Waals surface area contributed by atoms with Gasteiger partial charge in [0, 0.05) is 24.8 Å². The number of nitrogens with zero attached hydrogens (tertiary/aromatic N) is 1. The molecule has 2 unspecified atom stereocenters. The van der Waals surface area contributed by atoms with Gasteiger partial charge in [0.1, 0.15) is 0 Å². The fourth-order valence-corrected chi connectivity index (χ4v) is 2.53. The first-order chi connectivity index (χ1) is 11.5. The molecular weight excluding hydrogens is 314 g/mol. The summed E-state index contributed by atoms with van der Waals surface area (Å²) in [6, 6.07) is 5.84. The van der Waals surface area contributed by atoms with Gasteiger partial charge in [-0.25, -0.2) is 9.59 Å². The summed E-state index contributed by atoms with van der Waals surface area (Å²) in [7, 11) is 4.31. The van der Waals surface area contributed by atoms with Gasteiger partial charge in [0.15, 0.2) is 6.04 Å². The normalized spacial score (nSPS) is 20.9. The minimum Gasteiger partial charge on any atom is -0.467 e. The van der Waals surface area contributed by atoms with Gasteiger partial charge in [0.25, 0.3) is 0 Å². The summed E-state index contributed by atoms with van der Waals surface area (Å²) in [6.45, 7) is 0.942. The van der Waals surface area contributed by atoms with E-state index in [0.29, 0.717) is 18.7 Å². The highest BCUT2D eigenvalue weighted by Gasteiger charge is 2.39. The van der Waals surface area contributed by atoms with E-state index in [0.717, 1.165) is 5.69 Å². The number of benzene rings is 1. The zero-order valence-corrected chi connectivity index (χ0v) is 13.9. The molecule has 0 bridgehead atoms. The van der Waals surface area contributed by atoms with E-state index < -0.39 is 18.0 Å². The number of methoxy groups -OCH3 is 2. The summed E-state index contributed by atoms with van der Waals surface area (Å²) in [4.78, 5) is 36.7. The van der Waals surface area contributed by atoms with E-state index in [4.69, 9.17) is 0 Å². The molecule has 2 N–H and O–H groups in total. The van der Waals surface area contributed by atoms with Crippen LogP contribution in [0.15, 0.2) is 24.3 Å². The van der Waals surface area contributed by atoms with Gasteiger partial charge in [-0.3, -0.25) is 9.69 Å². The van der Waals surface area contributed by atoms with Crippen LogP contribution in [0.3, 0.4) is 0 Å². The van der Waals surface area contributed by atoms with E-state index in [1.54, 1.807) is 36.2 Å². The van der Waals surface area contributed by atoms with Gasteiger partial charge >= 0.3 is 11.9 Å². The number of hydrogen-bond acceptors (Lipinski definition) is 7. The smallest absolute Gasteiger partial charge is 0.337 e. The molecule has 1 aliphatic heterocycles. The third-order valence-corrected chi connectivity index (χ3v) is 4.02. The van der Waals surface area contributed by atoms with Crippen LogP contribution >= 0.6 is 0 Å². The van der Waals surface area contributed by atoms with Crippen molar-refractivity contribution in [1.82, 2.24) is 10.2 Å². The zero-order valence-electron chi connectivity index (χ0n) is 13.9. The molecule has 0 radical (unpaired) electrons. The Morgan fingerprint density at radius 2 is 1.92 bits per heavy atom. The fourth-order valence-electron chi connectivity index (χ4n) is 2.53. The summed E-state index contributed by atoms with van der Waals surface area (Å²) in [6.07, 6.45) is 0. The fraction of sp³-hybridized carbons (Fsp3) is 0.438. The van der Waals surface area contributed by atoms with Crippen molar-refractivity contribution >= 4 is 23.5 Å². The van der Waals surface area contributed by atoms with E-state index in [-0.39, 0.29) is 11.9 Å². The lowest BCUT2D eigenvalue weighted by molar-refractivity contribution is -0.154. The third kappa shape index (κ3) is 3.83. The van der Waals surface area contributed by atoms with Crippen LogP contribution in [0.4, 0.5) is 5.69 Å². The average molecular weight is 335 g/mol. The minimum atomic E-state index is -0.947. The maximum atomic E-state index is 11.8. The van der Waals surface area contributed by atoms with Crippen molar-refractivity contribution in [1.29, 1.82) is 0 Å². The van der Waals surface area contributed by atoms with Crippen molar-refractivity contribution in [3.63, 3.8) is 0 Å². The lowest BCUT2D eigenvalue weighted by Crippen LogP contribution is -2.63. The topological polar surface area (TPSA) is 97.0 Å². The number of piperazine rings is 1. The molecule has 0 saturated carbocycles. The molecule has 130 valence electrons. The lowest BCUT2D eigenvalue weighted by Gasteiger charge is -2.37. The minimum absolute atomic E-state index is 0.0768. The quantitative estimate of drug-likeness (QED) is 0.571. The van der Waals surface area contributed by atoms with Gasteiger partial charge in [-0.2, -0.15) is 0 Å². The molecule has 1 aromatic rings. The molecular formula is C16H21N3O5. The molecule has 1 aliphatic rings. The van der Waals surface area contributed by atoms with E-state index in [9.17, 15) is 14.4 Å². The summed E-state index contributed by atoms with van der Waals surface area (Å²) in [5, 5.41) is 5.94. The molecule has 0 aliphatic carbocycles. The lowest BCUT2D eigenvalue weighted by atomic mass is 10.1. The molecule has 2 rings (SSSR count). The Bertz CT molecular complexity index is 609. The van der Waals surface area contributed by atoms with Gasteiger partial charge < -0.3 is 20.1 Å². The number of hydrogen-bond donors (Lipinski definition) is 2. The van der Waals surface area contributed by atoms with Gasteiger partial charge in [-0.1, -0.05) is 0 Å². The van der Waals surface area contributed by atoms with E-state index >= 15 is 0 Å². The molecule has 2 atom stereocenters. The summed E-state index contributed by atoms with van der Waals surface area (Å²) < 4.78 is 9.33. The van der Waals surface area contributed by atoms with E-state index in [2.05, 4.69) is 20.1 Å². The number of likely N-dealkylation sites (N-methyl/N-ethyl adjacent to an activating group) is 1. The standard InChI is InChI=1S/C16H21N3O5/c1-19-12(9-18-14(20)13(19)16(22)24-3)8-17-11-6-4-10(5-7-11)15(21)23-2/h4-7,12-13,17H,8-9H2,1-3H3,(H,18,20). The summed E-state index contributed by atoms with van der Waals surface area (Å²) in [5.41, 5.74) is 1.29. The predicted octanol–water partition coefficient (Wildman–Crippen LogP) is -0.143. The molecule has 1 heterocycles. The number of ether oxygens (including phenoxy) is 2. The molecule has 1 saturated heterocycles. The van der Waals surface area contributed by atoms with Crippen molar-refractivity contribution in [3.05, 3.63) is 29.8 Å². The van der Waals surface area contributed by atoms with Gasteiger partial charge in [0.2, 0.25) is 5.91 Å². The van der Waals surface area contributed by atoms with Crippen LogP contribution in [0.5, 0.6) is 0 Å². The highest BCUT2D eigenvalue weighted by Crippen LogP contribution is 2.14. The molecule has 24 heavy (non-hydrogen) atoms. The molecule has 8 heteroatoms. The van der Waals surface area contributed by atoms with E-state index in [1.165, 1.54) is 14.2 Å². The Morgan fingerprint density at radius 3 is 2.50 bits per heavy atom. The number of rotatable bonds is 5. The summed E-state index contributed by atoms with van der Waals surface area (Å²) in [5.74, 6) is -1.33. The highest BCUT2D eigenvalue weighted by molar-refractivity contribution is 6.02. The third-order valence-electron chi connectivity index (χ3n) is 4.02. The number of amides is 1. The maximum absolute atomic E-state index is 11.8. The first kappa shape index (κ1) is 17.7. The van der Waals surface area contributed by atoms with Crippen molar-refractivity contribution < 1.29 is 23.9 Å². The van der Waals surface area contributed by atoms with Crippen molar-refractivity contribution in [2.24, 2.45) is 0 Å². The Hall–Kier alpha value is -2.61. The first-order valence-electron chi connectivity index (χ1n) is 7.47. The van der Waals surface area contributed by atoms with E-state index in [1.807, 2.05) is 0 Å². The second-order valence-corrected chi connectivity index (χ2v) is 5.44.